The van der Waals surface area contributed by atoms with E-state index in [0.717, 1.165) is 4.57 Å². The molecule has 2 heterocycles. The van der Waals surface area contributed by atoms with Crippen LogP contribution in [-0.4, -0.2) is 32.6 Å². The number of ether oxygens (including phenoxy) is 1. The van der Waals surface area contributed by atoms with Crippen LogP contribution in [-0.2, 0) is 18.8 Å². The van der Waals surface area contributed by atoms with Gasteiger partial charge in [-0.3, -0.25) is 18.7 Å². The molecule has 3 rings (SSSR count). The fourth-order valence-electron chi connectivity index (χ4n) is 3.16. The van der Waals surface area contributed by atoms with Gasteiger partial charge in [0, 0.05) is 19.8 Å². The minimum absolute atomic E-state index is 0.0349. The van der Waals surface area contributed by atoms with Crippen molar-refractivity contribution in [2.45, 2.75) is 13.8 Å². The minimum Gasteiger partial charge on any atom is -0.462 e. The van der Waals surface area contributed by atoms with Crippen molar-refractivity contribution in [2.24, 2.45) is 14.1 Å². The Labute approximate surface area is 170 Å². The SMILES string of the molecule is CCOC(=O)c1ccc(NC(=O)c2c(N)nc3c(c2C)c(=O)n(C)c(=O)n3C)cc1. The molecule has 3 aromatic rings. The maximum atomic E-state index is 12.9. The first-order valence-corrected chi connectivity index (χ1v) is 9.11. The molecule has 0 saturated heterocycles. The predicted octanol–water partition coefficient (Wildman–Crippen LogP) is 0.952. The number of hydrogen-bond acceptors (Lipinski definition) is 7. The van der Waals surface area contributed by atoms with Crippen molar-refractivity contribution in [3.63, 3.8) is 0 Å². The Morgan fingerprint density at radius 1 is 1.13 bits per heavy atom. The van der Waals surface area contributed by atoms with E-state index >= 15 is 0 Å². The molecule has 0 saturated carbocycles. The van der Waals surface area contributed by atoms with Gasteiger partial charge in [0.05, 0.1) is 23.1 Å². The highest BCUT2D eigenvalue weighted by Crippen LogP contribution is 2.22. The summed E-state index contributed by atoms with van der Waals surface area (Å²) in [6, 6.07) is 6.14. The van der Waals surface area contributed by atoms with Crippen LogP contribution in [0.5, 0.6) is 0 Å². The Hall–Kier alpha value is -3.95. The lowest BCUT2D eigenvalue weighted by Crippen LogP contribution is -2.38. The number of nitrogens with zero attached hydrogens (tertiary/aromatic N) is 3. The minimum atomic E-state index is -0.570. The third-order valence-electron chi connectivity index (χ3n) is 4.75. The molecule has 3 N–H and O–H groups in total. The third-order valence-corrected chi connectivity index (χ3v) is 4.75. The van der Waals surface area contributed by atoms with Gasteiger partial charge in [-0.2, -0.15) is 0 Å². The van der Waals surface area contributed by atoms with E-state index in [1.54, 1.807) is 26.0 Å². The number of pyridine rings is 1. The molecular weight excluding hydrogens is 390 g/mol. The van der Waals surface area contributed by atoms with Gasteiger partial charge in [0.2, 0.25) is 0 Å². The molecule has 0 aliphatic heterocycles. The van der Waals surface area contributed by atoms with Gasteiger partial charge in [-0.25, -0.2) is 14.6 Å². The zero-order valence-corrected chi connectivity index (χ0v) is 17.0. The molecule has 2 aromatic heterocycles. The summed E-state index contributed by atoms with van der Waals surface area (Å²) in [5.74, 6) is -1.14. The first-order chi connectivity index (χ1) is 14.2. The predicted molar refractivity (Wildman–Crippen MR) is 112 cm³/mol. The van der Waals surface area contributed by atoms with E-state index in [1.165, 1.54) is 30.8 Å². The molecule has 0 bridgehead atoms. The Morgan fingerprint density at radius 2 is 1.77 bits per heavy atom. The Kier molecular flexibility index (Phi) is 5.41. The van der Waals surface area contributed by atoms with Crippen LogP contribution in [0.2, 0.25) is 0 Å². The van der Waals surface area contributed by atoms with Gasteiger partial charge in [-0.15, -0.1) is 0 Å². The van der Waals surface area contributed by atoms with Gasteiger partial charge >= 0.3 is 11.7 Å². The largest absolute Gasteiger partial charge is 0.462 e. The van der Waals surface area contributed by atoms with Crippen molar-refractivity contribution in [3.8, 4) is 0 Å². The molecule has 10 heteroatoms. The lowest BCUT2D eigenvalue weighted by atomic mass is 10.1. The fraction of sp³-hybridized carbons (Fsp3) is 0.250. The van der Waals surface area contributed by atoms with Gasteiger partial charge in [-0.1, -0.05) is 0 Å². The fourth-order valence-corrected chi connectivity index (χ4v) is 3.16. The highest BCUT2D eigenvalue weighted by molar-refractivity contribution is 6.10. The summed E-state index contributed by atoms with van der Waals surface area (Å²) in [4.78, 5) is 53.5. The molecule has 156 valence electrons. The first-order valence-electron chi connectivity index (χ1n) is 9.11. The molecule has 0 aliphatic carbocycles. The lowest BCUT2D eigenvalue weighted by molar-refractivity contribution is 0.0526. The number of nitrogens with two attached hydrogens (primary N) is 1. The molecule has 0 atom stereocenters. The second-order valence-electron chi connectivity index (χ2n) is 6.65. The number of fused-ring (bicyclic) bond motifs is 1. The number of hydrogen-bond donors (Lipinski definition) is 2. The molecule has 0 spiro atoms. The van der Waals surface area contributed by atoms with E-state index in [1.807, 2.05) is 0 Å². The summed E-state index contributed by atoms with van der Waals surface area (Å²) in [6.07, 6.45) is 0. The molecule has 0 aliphatic rings. The number of rotatable bonds is 4. The summed E-state index contributed by atoms with van der Waals surface area (Å²) in [7, 11) is 2.82. The van der Waals surface area contributed by atoms with Gasteiger partial charge in [0.15, 0.2) is 5.65 Å². The number of amides is 1. The van der Waals surface area contributed by atoms with Crippen LogP contribution >= 0.6 is 0 Å². The molecule has 30 heavy (non-hydrogen) atoms. The lowest BCUT2D eigenvalue weighted by Gasteiger charge is -2.14. The average molecular weight is 411 g/mol. The second kappa shape index (κ2) is 7.82. The van der Waals surface area contributed by atoms with Crippen LogP contribution < -0.4 is 22.3 Å². The van der Waals surface area contributed by atoms with Gasteiger partial charge in [0.25, 0.3) is 11.5 Å². The summed E-state index contributed by atoms with van der Waals surface area (Å²) < 4.78 is 7.07. The van der Waals surface area contributed by atoms with E-state index in [9.17, 15) is 19.2 Å². The van der Waals surface area contributed by atoms with Gasteiger partial charge in [0.1, 0.15) is 5.82 Å². The number of carbonyl (C=O) groups is 2. The normalized spacial score (nSPS) is 10.8. The van der Waals surface area contributed by atoms with Crippen molar-refractivity contribution in [1.82, 2.24) is 14.1 Å². The number of nitrogens with one attached hydrogen (secondary N) is 1. The highest BCUT2D eigenvalue weighted by atomic mass is 16.5. The molecular formula is C20H21N5O5. The van der Waals surface area contributed by atoms with Crippen molar-refractivity contribution < 1.29 is 14.3 Å². The molecule has 0 fully saturated rings. The second-order valence-corrected chi connectivity index (χ2v) is 6.65. The Morgan fingerprint density at radius 3 is 2.37 bits per heavy atom. The highest BCUT2D eigenvalue weighted by Gasteiger charge is 2.22. The van der Waals surface area contributed by atoms with Crippen LogP contribution in [0.1, 0.15) is 33.2 Å². The summed E-state index contributed by atoms with van der Waals surface area (Å²) in [5.41, 5.74) is 6.10. The molecule has 1 amide bonds. The third kappa shape index (κ3) is 3.43. The topological polar surface area (TPSA) is 138 Å². The average Bonchev–Trinajstić information content (AvgIpc) is 2.71. The maximum absolute atomic E-state index is 12.9. The number of benzene rings is 1. The maximum Gasteiger partial charge on any atom is 0.338 e. The van der Waals surface area contributed by atoms with Crippen LogP contribution in [0.4, 0.5) is 11.5 Å². The zero-order valence-electron chi connectivity index (χ0n) is 17.0. The molecule has 0 unspecified atom stereocenters. The molecule has 0 radical (unpaired) electrons. The van der Waals surface area contributed by atoms with E-state index < -0.39 is 23.1 Å². The number of aryl methyl sites for hydroxylation is 2. The Balaban J connectivity index is 2.03. The van der Waals surface area contributed by atoms with Gasteiger partial charge in [-0.05, 0) is 43.7 Å². The van der Waals surface area contributed by atoms with E-state index in [4.69, 9.17) is 10.5 Å². The Bertz CT molecular complexity index is 1290. The van der Waals surface area contributed by atoms with Crippen LogP contribution in [0.15, 0.2) is 33.9 Å². The smallest absolute Gasteiger partial charge is 0.338 e. The number of nitrogen functional groups attached to an aromatic ring is 1. The quantitative estimate of drug-likeness (QED) is 0.610. The van der Waals surface area contributed by atoms with Gasteiger partial charge < -0.3 is 15.8 Å². The van der Waals surface area contributed by atoms with Crippen molar-refractivity contribution in [1.29, 1.82) is 0 Å². The van der Waals surface area contributed by atoms with Crippen LogP contribution in [0, 0.1) is 6.92 Å². The van der Waals surface area contributed by atoms with E-state index in [-0.39, 0.29) is 29.0 Å². The molecule has 1 aromatic carbocycles. The summed E-state index contributed by atoms with van der Waals surface area (Å²) in [6.45, 7) is 3.54. The standard InChI is InChI=1S/C20H21N5O5/c1-5-30-19(28)11-6-8-12(9-7-11)22-17(26)13-10(2)14-16(23-15(13)21)24(3)20(29)25(4)18(14)27/h6-9H,5H2,1-4H3,(H2,21,23)(H,22,26). The van der Waals surface area contributed by atoms with Crippen molar-refractivity contribution >= 4 is 34.4 Å². The van der Waals surface area contributed by atoms with Crippen molar-refractivity contribution in [2.75, 3.05) is 17.7 Å². The summed E-state index contributed by atoms with van der Waals surface area (Å²) >= 11 is 0. The van der Waals surface area contributed by atoms with Crippen molar-refractivity contribution in [3.05, 3.63) is 61.8 Å². The van der Waals surface area contributed by atoms with Crippen LogP contribution in [0.25, 0.3) is 11.0 Å². The number of aromatic nitrogens is 3. The van der Waals surface area contributed by atoms with E-state index in [2.05, 4.69) is 10.3 Å². The zero-order chi connectivity index (χ0) is 22.2. The van der Waals surface area contributed by atoms with Crippen LogP contribution in [0.3, 0.4) is 0 Å². The van der Waals surface area contributed by atoms with E-state index in [0.29, 0.717) is 16.8 Å². The number of esters is 1. The monoisotopic (exact) mass is 411 g/mol. The summed E-state index contributed by atoms with van der Waals surface area (Å²) in [5, 5.41) is 2.81. The number of carbonyl (C=O) groups excluding carboxylic acids is 2. The first kappa shape index (κ1) is 20.8. The molecule has 10 nitrogen and oxygen atoms in total. The number of anilines is 2.